The fourth-order valence-electron chi connectivity index (χ4n) is 1.57. The van der Waals surface area contributed by atoms with E-state index in [2.05, 4.69) is 33.2 Å². The zero-order chi connectivity index (χ0) is 13.0. The van der Waals surface area contributed by atoms with Gasteiger partial charge in [0.05, 0.1) is 18.7 Å². The molecule has 1 heterocycles. The Kier molecular flexibility index (Phi) is 4.60. The molecule has 0 amide bonds. The van der Waals surface area contributed by atoms with Gasteiger partial charge in [0, 0.05) is 27.3 Å². The predicted octanol–water partition coefficient (Wildman–Crippen LogP) is 4.09. The minimum absolute atomic E-state index is 0.789. The number of halogens is 1. The molecule has 0 atom stereocenters. The van der Waals surface area contributed by atoms with Gasteiger partial charge in [0.1, 0.15) is 5.75 Å². The van der Waals surface area contributed by atoms with Gasteiger partial charge in [-0.2, -0.15) is 0 Å². The molecule has 0 saturated carbocycles. The van der Waals surface area contributed by atoms with E-state index in [0.29, 0.717) is 0 Å². The third-order valence-electron chi connectivity index (χ3n) is 2.48. The normalized spacial score (nSPS) is 10.4. The van der Waals surface area contributed by atoms with Crippen molar-refractivity contribution in [3.8, 4) is 5.75 Å². The lowest BCUT2D eigenvalue weighted by Gasteiger charge is -2.07. The number of rotatable bonds is 5. The number of benzene rings is 1. The van der Waals surface area contributed by atoms with Gasteiger partial charge in [-0.3, -0.25) is 0 Å². The highest BCUT2D eigenvalue weighted by Gasteiger charge is 2.02. The zero-order valence-corrected chi connectivity index (χ0v) is 12.8. The molecule has 0 unspecified atom stereocenters. The maximum atomic E-state index is 5.23. The first-order chi connectivity index (χ1) is 8.71. The maximum absolute atomic E-state index is 5.23. The molecule has 0 aliphatic heterocycles. The second kappa shape index (κ2) is 6.20. The number of aryl methyl sites for hydroxylation is 1. The molecular formula is C13H15BrN2OS. The fourth-order valence-corrected chi connectivity index (χ4v) is 2.84. The molecular weight excluding hydrogens is 312 g/mol. The van der Waals surface area contributed by atoms with Gasteiger partial charge in [0.25, 0.3) is 0 Å². The molecule has 18 heavy (non-hydrogen) atoms. The van der Waals surface area contributed by atoms with E-state index in [0.717, 1.165) is 28.9 Å². The Morgan fingerprint density at radius 2 is 2.22 bits per heavy atom. The molecule has 0 saturated heterocycles. The summed E-state index contributed by atoms with van der Waals surface area (Å²) in [5, 5.41) is 4.55. The lowest BCUT2D eigenvalue weighted by Crippen LogP contribution is -1.97. The summed E-state index contributed by atoms with van der Waals surface area (Å²) in [7, 11) is 1.67. The summed E-state index contributed by atoms with van der Waals surface area (Å²) in [6.45, 7) is 2.91. The third-order valence-corrected chi connectivity index (χ3v) is 4.08. The Balaban J connectivity index is 2.03. The highest BCUT2D eigenvalue weighted by atomic mass is 79.9. The van der Waals surface area contributed by atoms with Gasteiger partial charge >= 0.3 is 0 Å². The van der Waals surface area contributed by atoms with Gasteiger partial charge in [-0.05, 0) is 18.6 Å². The first-order valence-electron chi connectivity index (χ1n) is 5.73. The van der Waals surface area contributed by atoms with Crippen molar-refractivity contribution in [2.75, 3.05) is 12.4 Å². The Hall–Kier alpha value is -1.07. The highest BCUT2D eigenvalue weighted by molar-refractivity contribution is 9.10. The van der Waals surface area contributed by atoms with Crippen LogP contribution in [0.1, 0.15) is 16.8 Å². The van der Waals surface area contributed by atoms with E-state index in [9.17, 15) is 0 Å². The molecule has 1 aromatic heterocycles. The number of ether oxygens (including phenoxy) is 1. The molecule has 2 aromatic rings. The van der Waals surface area contributed by atoms with Crippen molar-refractivity contribution in [1.29, 1.82) is 0 Å². The van der Waals surface area contributed by atoms with Crippen molar-refractivity contribution in [3.63, 3.8) is 0 Å². The van der Waals surface area contributed by atoms with E-state index in [1.807, 2.05) is 24.4 Å². The number of methoxy groups -OCH3 is 1. The van der Waals surface area contributed by atoms with Crippen LogP contribution in [0.4, 0.5) is 5.69 Å². The maximum Gasteiger partial charge on any atom is 0.122 e. The van der Waals surface area contributed by atoms with Crippen LogP contribution in [-0.4, -0.2) is 12.1 Å². The second-order valence-corrected chi connectivity index (χ2v) is 5.92. The summed E-state index contributed by atoms with van der Waals surface area (Å²) in [5.41, 5.74) is 1.03. The molecule has 0 spiro atoms. The zero-order valence-electron chi connectivity index (χ0n) is 10.4. The number of thiazole rings is 1. The molecule has 3 nitrogen and oxygen atoms in total. The summed E-state index contributed by atoms with van der Waals surface area (Å²) in [5.74, 6) is 0.838. The smallest absolute Gasteiger partial charge is 0.122 e. The van der Waals surface area contributed by atoms with Gasteiger partial charge in [0.15, 0.2) is 0 Å². The molecule has 1 aromatic carbocycles. The first-order valence-corrected chi connectivity index (χ1v) is 7.34. The van der Waals surface area contributed by atoms with E-state index >= 15 is 0 Å². The topological polar surface area (TPSA) is 34.2 Å². The van der Waals surface area contributed by atoms with Gasteiger partial charge in [-0.25, -0.2) is 4.98 Å². The predicted molar refractivity (Wildman–Crippen MR) is 79.5 cm³/mol. The summed E-state index contributed by atoms with van der Waals surface area (Å²) < 4.78 is 6.23. The van der Waals surface area contributed by atoms with Crippen molar-refractivity contribution in [2.45, 2.75) is 19.9 Å². The van der Waals surface area contributed by atoms with Crippen molar-refractivity contribution in [3.05, 3.63) is 38.8 Å². The van der Waals surface area contributed by atoms with Crippen LogP contribution in [0, 0.1) is 0 Å². The van der Waals surface area contributed by atoms with Crippen LogP contribution in [0.5, 0.6) is 5.75 Å². The van der Waals surface area contributed by atoms with Crippen molar-refractivity contribution in [2.24, 2.45) is 0 Å². The Morgan fingerprint density at radius 1 is 1.39 bits per heavy atom. The molecule has 0 aliphatic carbocycles. The first kappa shape index (κ1) is 13.4. The number of nitrogens with one attached hydrogen (secondary N) is 1. The van der Waals surface area contributed by atoms with Gasteiger partial charge in [-0.15, -0.1) is 11.3 Å². The number of aromatic nitrogens is 1. The molecule has 0 radical (unpaired) electrons. The lowest BCUT2D eigenvalue weighted by molar-refractivity contribution is 0.414. The molecule has 96 valence electrons. The largest absolute Gasteiger partial charge is 0.497 e. The van der Waals surface area contributed by atoms with Crippen LogP contribution < -0.4 is 10.1 Å². The number of hydrogen-bond donors (Lipinski definition) is 1. The van der Waals surface area contributed by atoms with Crippen LogP contribution in [0.25, 0.3) is 0 Å². The van der Waals surface area contributed by atoms with Gasteiger partial charge in [-0.1, -0.05) is 22.9 Å². The van der Waals surface area contributed by atoms with E-state index in [-0.39, 0.29) is 0 Å². The lowest BCUT2D eigenvalue weighted by atomic mass is 10.3. The number of anilines is 1. The highest BCUT2D eigenvalue weighted by Crippen LogP contribution is 2.25. The van der Waals surface area contributed by atoms with Crippen LogP contribution in [0.15, 0.2) is 28.9 Å². The Bertz CT molecular complexity index is 527. The minimum Gasteiger partial charge on any atom is -0.497 e. The Morgan fingerprint density at radius 3 is 2.89 bits per heavy atom. The van der Waals surface area contributed by atoms with Crippen molar-refractivity contribution >= 4 is 33.0 Å². The van der Waals surface area contributed by atoms with Gasteiger partial charge in [0.2, 0.25) is 0 Å². The average Bonchev–Trinajstić information content (AvgIpc) is 2.83. The second-order valence-electron chi connectivity index (χ2n) is 3.81. The van der Waals surface area contributed by atoms with Crippen molar-refractivity contribution < 1.29 is 4.74 Å². The van der Waals surface area contributed by atoms with E-state index in [1.165, 1.54) is 9.88 Å². The summed E-state index contributed by atoms with van der Waals surface area (Å²) >= 11 is 5.22. The SMILES string of the molecule is CCc1ncc(CNc2cc(Br)cc(OC)c2)s1. The number of hydrogen-bond acceptors (Lipinski definition) is 4. The molecule has 0 bridgehead atoms. The summed E-state index contributed by atoms with van der Waals surface area (Å²) in [4.78, 5) is 5.58. The van der Waals surface area contributed by atoms with Crippen LogP contribution >= 0.6 is 27.3 Å². The Labute approximate surface area is 119 Å². The van der Waals surface area contributed by atoms with Gasteiger partial charge < -0.3 is 10.1 Å². The summed E-state index contributed by atoms with van der Waals surface area (Å²) in [6.07, 6.45) is 2.93. The van der Waals surface area contributed by atoms with E-state index < -0.39 is 0 Å². The standard InChI is InChI=1S/C13H15BrN2OS/c1-3-13-16-8-12(18-13)7-15-10-4-9(14)5-11(6-10)17-2/h4-6,8,15H,3,7H2,1-2H3. The quantitative estimate of drug-likeness (QED) is 0.898. The minimum atomic E-state index is 0.789. The molecule has 2 rings (SSSR count). The fraction of sp³-hybridized carbons (Fsp3) is 0.308. The van der Waals surface area contributed by atoms with Crippen molar-refractivity contribution in [1.82, 2.24) is 4.98 Å². The molecule has 1 N–H and O–H groups in total. The van der Waals surface area contributed by atoms with Crippen LogP contribution in [-0.2, 0) is 13.0 Å². The van der Waals surface area contributed by atoms with Crippen LogP contribution in [0.2, 0.25) is 0 Å². The molecule has 0 aliphatic rings. The molecule has 5 heteroatoms. The third kappa shape index (κ3) is 3.46. The van der Waals surface area contributed by atoms with Crippen LogP contribution in [0.3, 0.4) is 0 Å². The molecule has 0 fully saturated rings. The monoisotopic (exact) mass is 326 g/mol. The average molecular weight is 327 g/mol. The van der Waals surface area contributed by atoms with E-state index in [4.69, 9.17) is 4.74 Å². The number of nitrogens with zero attached hydrogens (tertiary/aromatic N) is 1. The summed E-state index contributed by atoms with van der Waals surface area (Å²) in [6, 6.07) is 5.95. The van der Waals surface area contributed by atoms with E-state index in [1.54, 1.807) is 18.4 Å².